The number of hydrogen-bond donors (Lipinski definition) is 7. The molecular formula is C67H99ClN18O8. The van der Waals surface area contributed by atoms with Gasteiger partial charge in [0.05, 0.1) is 61.4 Å². The summed E-state index contributed by atoms with van der Waals surface area (Å²) in [7, 11) is 6.78. The summed E-state index contributed by atoms with van der Waals surface area (Å²) in [5.74, 6) is 3.76. The molecule has 8 N–H and O–H groups in total. The van der Waals surface area contributed by atoms with E-state index in [9.17, 15) is 19.2 Å². The fourth-order valence-corrected chi connectivity index (χ4v) is 11.4. The molecule has 7 fully saturated rings. The first-order valence-electron chi connectivity index (χ1n) is 33.2. The number of rotatable bonds is 17. The Labute approximate surface area is 557 Å². The number of ether oxygens (including phenoxy) is 4. The van der Waals surface area contributed by atoms with Crippen LogP contribution in [0.2, 0.25) is 5.15 Å². The average Bonchev–Trinajstić information content (AvgIpc) is 1.61. The maximum absolute atomic E-state index is 12.8. The molecule has 0 radical (unpaired) electrons. The zero-order valence-corrected chi connectivity index (χ0v) is 57.3. The third-order valence-corrected chi connectivity index (χ3v) is 17.1. The minimum Gasteiger partial charge on any atom is -0.494 e. The Balaban J connectivity index is 0.000000146. The second-order valence-electron chi connectivity index (χ2n) is 27.6. The maximum Gasteiger partial charge on any atom is 0.410 e. The second kappa shape index (κ2) is 32.8. The van der Waals surface area contributed by atoms with E-state index in [0.29, 0.717) is 47.2 Å². The number of halogens is 1. The van der Waals surface area contributed by atoms with E-state index < -0.39 is 11.5 Å². The van der Waals surface area contributed by atoms with Crippen molar-refractivity contribution in [3.8, 4) is 11.5 Å². The molecule has 6 aromatic rings. The lowest BCUT2D eigenvalue weighted by molar-refractivity contribution is 0.0278. The van der Waals surface area contributed by atoms with Gasteiger partial charge in [-0.15, -0.1) is 0 Å². The Morgan fingerprint density at radius 1 is 0.574 bits per heavy atom. The Bertz CT molecular complexity index is 3450. The molecule has 8 heterocycles. The Kier molecular flexibility index (Phi) is 24.7. The van der Waals surface area contributed by atoms with Crippen LogP contribution in [0.1, 0.15) is 127 Å². The molecule has 4 amide bonds. The molecule has 2 unspecified atom stereocenters. The molecule has 2 aromatic carbocycles. The van der Waals surface area contributed by atoms with Gasteiger partial charge >= 0.3 is 12.2 Å². The molecule has 7 aliphatic rings. The van der Waals surface area contributed by atoms with Crippen molar-refractivity contribution in [3.63, 3.8) is 0 Å². The highest BCUT2D eigenvalue weighted by atomic mass is 35.5. The second-order valence-corrected chi connectivity index (χ2v) is 28.0. The van der Waals surface area contributed by atoms with Gasteiger partial charge < -0.3 is 71.3 Å². The molecule has 27 heteroatoms. The summed E-state index contributed by atoms with van der Waals surface area (Å²) in [5.41, 5.74) is 7.87. The van der Waals surface area contributed by atoms with Crippen molar-refractivity contribution in [1.29, 1.82) is 0 Å². The monoisotopic (exact) mass is 1320 g/mol. The summed E-state index contributed by atoms with van der Waals surface area (Å²) in [6.07, 6.45) is 21.9. The smallest absolute Gasteiger partial charge is 0.410 e. The number of hydrogen-bond acceptors (Lipinski definition) is 20. The molecule has 4 saturated heterocycles. The first kappa shape index (κ1) is 70.8. The molecule has 3 saturated carbocycles. The lowest BCUT2D eigenvalue weighted by Gasteiger charge is -2.24. The van der Waals surface area contributed by atoms with Gasteiger partial charge in [-0.25, -0.2) is 29.5 Å². The molecule has 0 spiro atoms. The summed E-state index contributed by atoms with van der Waals surface area (Å²) in [5, 5.41) is 30.4. The number of aromatic nitrogens is 8. The van der Waals surface area contributed by atoms with Crippen LogP contribution in [0.4, 0.5) is 26.8 Å². The number of methoxy groups -OCH3 is 2. The van der Waals surface area contributed by atoms with Gasteiger partial charge in [0.1, 0.15) is 45.1 Å². The number of carbonyl (C=O) groups is 4. The van der Waals surface area contributed by atoms with E-state index in [2.05, 4.69) is 66.9 Å². The highest BCUT2D eigenvalue weighted by Gasteiger charge is 2.33. The van der Waals surface area contributed by atoms with Gasteiger partial charge in [0.25, 0.3) is 11.8 Å². The van der Waals surface area contributed by atoms with Gasteiger partial charge in [0.15, 0.2) is 0 Å². The molecule has 4 aromatic heterocycles. The predicted molar refractivity (Wildman–Crippen MR) is 365 cm³/mol. The third kappa shape index (κ3) is 22.3. The zero-order valence-electron chi connectivity index (χ0n) is 56.5. The van der Waals surface area contributed by atoms with Crippen LogP contribution < -0.4 is 52.0 Å². The van der Waals surface area contributed by atoms with E-state index >= 15 is 0 Å². The molecular weight excluding hydrogens is 1220 g/mol. The van der Waals surface area contributed by atoms with Gasteiger partial charge in [0, 0.05) is 107 Å². The number of nitrogens with two attached hydrogens (primary N) is 1. The van der Waals surface area contributed by atoms with Gasteiger partial charge in [-0.2, -0.15) is 10.2 Å². The number of nitrogens with zero attached hydrogens (tertiary/aromatic N) is 11. The minimum atomic E-state index is -0.405. The number of benzene rings is 2. The number of likely N-dealkylation sites (tertiary alicyclic amines) is 2. The van der Waals surface area contributed by atoms with E-state index in [1.165, 1.54) is 90.3 Å². The molecule has 3 aliphatic carbocycles. The lowest BCUT2D eigenvalue weighted by atomic mass is 10.1. The quantitative estimate of drug-likeness (QED) is 0.0454. The molecule has 26 nitrogen and oxygen atoms in total. The number of nitrogens with one attached hydrogen (secondary N) is 6. The zero-order chi connectivity index (χ0) is 67.1. The van der Waals surface area contributed by atoms with Crippen molar-refractivity contribution in [2.45, 2.75) is 135 Å². The first-order chi connectivity index (χ1) is 45.0. The van der Waals surface area contributed by atoms with Crippen LogP contribution in [0.25, 0.3) is 21.8 Å². The number of anilines is 3. The van der Waals surface area contributed by atoms with E-state index in [1.807, 2.05) is 85.1 Å². The summed E-state index contributed by atoms with van der Waals surface area (Å²) < 4.78 is 24.8. The standard InChI is InChI=1S/C22H27N7O2.C14H12ClN5O2.C13H24N2O2.C10H20N2O2.C8H16N2/c1-28-13-15-7-18(20(31-2)8-17(15)27-28)26-22(30)19-10-25-21(11-24-19)29-6-5-14(12-29)9-23-16-3-4-16;1-20-7-8-3-10(12(22-2)4-9(8)19-20)18-14(21)11-5-17-13(15)6-16-11;1-13(2,3)17-12(16)15-7-6-10(9-15)8-14-11-4-5-11;1-10(2,3)14-9(13)12-5-4-8(6-11)7-12;1-2-8(1)10-6-7-3-4-9-5-7/h7-8,10-11,13-14,16,23H,3-6,9,12H2,1-2H3,(H,26,30);3-7H,1-2H3,(H,18,21);10-11,14H,4-9H2,1-3H3;8H,4-7,11H2,1-3H3;7-10H,1-6H2/t14-;;;8-;/m0..0./s1. The van der Waals surface area contributed by atoms with E-state index in [1.54, 1.807) is 39.7 Å². The third-order valence-electron chi connectivity index (χ3n) is 16.9. The Morgan fingerprint density at radius 3 is 1.45 bits per heavy atom. The molecule has 13 rings (SSSR count). The highest BCUT2D eigenvalue weighted by molar-refractivity contribution is 6.29. The van der Waals surface area contributed by atoms with Crippen LogP contribution in [-0.4, -0.2) is 195 Å². The van der Waals surface area contributed by atoms with Crippen molar-refractivity contribution in [2.24, 2.45) is 43.5 Å². The van der Waals surface area contributed by atoms with Crippen LogP contribution >= 0.6 is 11.6 Å². The fraction of sp³-hybridized carbons (Fsp3) is 0.612. The number of aryl methyl sites for hydroxylation is 2. The fourth-order valence-electron chi connectivity index (χ4n) is 11.3. The summed E-state index contributed by atoms with van der Waals surface area (Å²) in [4.78, 5) is 70.8. The van der Waals surface area contributed by atoms with E-state index in [-0.39, 0.29) is 40.2 Å². The van der Waals surface area contributed by atoms with E-state index in [4.69, 9.17) is 36.3 Å². The number of fused-ring (bicyclic) bond motifs is 2. The molecule has 4 atom stereocenters. The van der Waals surface area contributed by atoms with Crippen molar-refractivity contribution >= 4 is 74.6 Å². The molecule has 94 heavy (non-hydrogen) atoms. The van der Waals surface area contributed by atoms with Crippen LogP contribution in [0.15, 0.2) is 61.4 Å². The SMILES string of the molecule is C1CC(CNC2CC2)CN1.CC(C)(C)OC(=O)N1CCC(CNC2CC2)C1.CC(C)(C)OC(=O)N1CC[C@@H](CN)C1.COc1cc2nn(C)cc2cc1NC(=O)c1cnc(Cl)cn1.COc1cc2nn(C)cc2cc1NC(=O)c1cnc(N2CC[C@@H](CNC3CC3)C2)cn1. The normalized spacial score (nSPS) is 20.0. The summed E-state index contributed by atoms with van der Waals surface area (Å²) >= 11 is 5.66. The van der Waals surface area contributed by atoms with Gasteiger partial charge in [-0.1, -0.05) is 11.6 Å². The van der Waals surface area contributed by atoms with E-state index in [0.717, 1.165) is 123 Å². The van der Waals surface area contributed by atoms with Crippen LogP contribution in [-0.2, 0) is 23.6 Å². The van der Waals surface area contributed by atoms with Crippen molar-refractivity contribution in [1.82, 2.24) is 70.6 Å². The van der Waals surface area contributed by atoms with Crippen LogP contribution in [0, 0.1) is 23.7 Å². The predicted octanol–water partition coefficient (Wildman–Crippen LogP) is 8.03. The number of amides is 4. The lowest BCUT2D eigenvalue weighted by Crippen LogP contribution is -2.36. The molecule has 0 bridgehead atoms. The summed E-state index contributed by atoms with van der Waals surface area (Å²) in [6.45, 7) is 23.0. The number of carbonyl (C=O) groups excluding carboxylic acids is 4. The Hall–Kier alpha value is -7.49. The topological polar surface area (TPSA) is 300 Å². The van der Waals surface area contributed by atoms with Crippen molar-refractivity contribution < 1.29 is 38.1 Å². The minimum absolute atomic E-state index is 0.161. The van der Waals surface area contributed by atoms with Crippen LogP contribution in [0.5, 0.6) is 11.5 Å². The highest BCUT2D eigenvalue weighted by Crippen LogP contribution is 2.33. The van der Waals surface area contributed by atoms with Crippen LogP contribution in [0.3, 0.4) is 0 Å². The van der Waals surface area contributed by atoms with Gasteiger partial charge in [-0.05, 0) is 181 Å². The first-order valence-corrected chi connectivity index (χ1v) is 33.6. The molecule has 512 valence electrons. The summed E-state index contributed by atoms with van der Waals surface area (Å²) in [6, 6.07) is 9.60. The largest absolute Gasteiger partial charge is 0.494 e. The van der Waals surface area contributed by atoms with Crippen molar-refractivity contribution in [3.05, 3.63) is 78.0 Å². The maximum atomic E-state index is 12.8. The Morgan fingerprint density at radius 2 is 1.03 bits per heavy atom. The van der Waals surface area contributed by atoms with Gasteiger partial charge in [-0.3, -0.25) is 19.0 Å². The molecule has 4 aliphatic heterocycles. The average molecular weight is 1320 g/mol. The van der Waals surface area contributed by atoms with Crippen molar-refractivity contribution in [2.75, 3.05) is 108 Å². The van der Waals surface area contributed by atoms with Gasteiger partial charge in [0.2, 0.25) is 0 Å².